The number of H-pyrrole nitrogens is 1. The molecule has 17 heavy (non-hydrogen) atoms. The normalized spacial score (nSPS) is 24.3. The van der Waals surface area contributed by atoms with Crippen LogP contribution in [-0.2, 0) is 0 Å². The van der Waals surface area contributed by atoms with Crippen LogP contribution in [0.3, 0.4) is 0 Å². The number of aromatic amines is 1. The molecule has 0 aliphatic heterocycles. The van der Waals surface area contributed by atoms with Crippen molar-refractivity contribution in [3.8, 4) is 0 Å². The third-order valence-corrected chi connectivity index (χ3v) is 3.36. The second-order valence-corrected chi connectivity index (χ2v) is 4.86. The van der Waals surface area contributed by atoms with Crippen molar-refractivity contribution in [2.75, 3.05) is 0 Å². The van der Waals surface area contributed by atoms with Gasteiger partial charge in [0.05, 0.1) is 0 Å². The fraction of sp³-hybridized carbons (Fsp3) is 0.538. The number of hydrogen-bond donors (Lipinski definition) is 2. The summed E-state index contributed by atoms with van der Waals surface area (Å²) < 4.78 is 0. The molecule has 1 amide bonds. The van der Waals surface area contributed by atoms with E-state index in [-0.39, 0.29) is 17.5 Å². The first-order chi connectivity index (χ1) is 8.15. The van der Waals surface area contributed by atoms with Crippen molar-refractivity contribution >= 4 is 5.91 Å². The monoisotopic (exact) mass is 234 g/mol. The molecule has 1 heterocycles. The molecule has 4 heteroatoms. The molecule has 1 aliphatic rings. The molecule has 2 N–H and O–H groups in total. The predicted octanol–water partition coefficient (Wildman–Crippen LogP) is 1.68. The van der Waals surface area contributed by atoms with E-state index in [0.29, 0.717) is 5.69 Å². The summed E-state index contributed by atoms with van der Waals surface area (Å²) in [5.74, 6) is 0.585. The van der Waals surface area contributed by atoms with Crippen LogP contribution in [0.25, 0.3) is 0 Å². The minimum atomic E-state index is -0.241. The van der Waals surface area contributed by atoms with Crippen molar-refractivity contribution in [2.24, 2.45) is 5.92 Å². The number of aromatic nitrogens is 1. The Kier molecular flexibility index (Phi) is 3.61. The van der Waals surface area contributed by atoms with E-state index in [4.69, 9.17) is 0 Å². The van der Waals surface area contributed by atoms with E-state index in [1.165, 1.54) is 6.07 Å². The fourth-order valence-electron chi connectivity index (χ4n) is 2.25. The van der Waals surface area contributed by atoms with Gasteiger partial charge in [0.2, 0.25) is 5.56 Å². The molecule has 0 spiro atoms. The SMILES string of the molecule is CC1CCC(NC(=O)c2cccc(=O)[nH]2)CC1. The first kappa shape index (κ1) is 11.9. The van der Waals surface area contributed by atoms with Gasteiger partial charge in [-0.05, 0) is 37.7 Å². The average Bonchev–Trinajstić information content (AvgIpc) is 2.32. The quantitative estimate of drug-likeness (QED) is 0.818. The van der Waals surface area contributed by atoms with Crippen LogP contribution in [0, 0.1) is 5.92 Å². The maximum atomic E-state index is 11.9. The molecule has 0 bridgehead atoms. The summed E-state index contributed by atoms with van der Waals surface area (Å²) in [7, 11) is 0. The van der Waals surface area contributed by atoms with Crippen LogP contribution in [0.1, 0.15) is 43.1 Å². The van der Waals surface area contributed by atoms with Gasteiger partial charge in [-0.25, -0.2) is 0 Å². The Balaban J connectivity index is 1.95. The predicted molar refractivity (Wildman–Crippen MR) is 65.9 cm³/mol. The van der Waals surface area contributed by atoms with Gasteiger partial charge in [0.15, 0.2) is 0 Å². The van der Waals surface area contributed by atoms with E-state index in [0.717, 1.165) is 31.6 Å². The van der Waals surface area contributed by atoms with Gasteiger partial charge >= 0.3 is 0 Å². The van der Waals surface area contributed by atoms with Gasteiger partial charge < -0.3 is 10.3 Å². The van der Waals surface area contributed by atoms with Crippen LogP contribution < -0.4 is 10.9 Å². The summed E-state index contributed by atoms with van der Waals surface area (Å²) in [5, 5.41) is 2.97. The summed E-state index contributed by atoms with van der Waals surface area (Å²) >= 11 is 0. The largest absolute Gasteiger partial charge is 0.348 e. The van der Waals surface area contributed by atoms with Crippen molar-refractivity contribution in [2.45, 2.75) is 38.6 Å². The molecule has 1 aliphatic carbocycles. The maximum absolute atomic E-state index is 11.9. The highest BCUT2D eigenvalue weighted by Crippen LogP contribution is 2.23. The molecular weight excluding hydrogens is 216 g/mol. The lowest BCUT2D eigenvalue weighted by Crippen LogP contribution is -2.38. The summed E-state index contributed by atoms with van der Waals surface area (Å²) in [6.45, 7) is 2.24. The summed E-state index contributed by atoms with van der Waals surface area (Å²) in [4.78, 5) is 25.5. The van der Waals surface area contributed by atoms with Gasteiger partial charge in [0.25, 0.3) is 5.91 Å². The Morgan fingerprint density at radius 3 is 2.65 bits per heavy atom. The van der Waals surface area contributed by atoms with Gasteiger partial charge in [-0.1, -0.05) is 13.0 Å². The first-order valence-electron chi connectivity index (χ1n) is 6.15. The topological polar surface area (TPSA) is 62.0 Å². The van der Waals surface area contributed by atoms with Crippen molar-refractivity contribution in [3.05, 3.63) is 34.2 Å². The van der Waals surface area contributed by atoms with E-state index >= 15 is 0 Å². The van der Waals surface area contributed by atoms with E-state index in [2.05, 4.69) is 17.2 Å². The smallest absolute Gasteiger partial charge is 0.268 e. The number of rotatable bonds is 2. The van der Waals surface area contributed by atoms with Gasteiger partial charge in [-0.2, -0.15) is 0 Å². The van der Waals surface area contributed by atoms with Crippen molar-refractivity contribution in [3.63, 3.8) is 0 Å². The summed E-state index contributed by atoms with van der Waals surface area (Å²) in [5.41, 5.74) is 0.103. The second-order valence-electron chi connectivity index (χ2n) is 4.86. The first-order valence-corrected chi connectivity index (χ1v) is 6.15. The highest BCUT2D eigenvalue weighted by atomic mass is 16.2. The lowest BCUT2D eigenvalue weighted by atomic mass is 9.87. The number of amides is 1. The number of pyridine rings is 1. The van der Waals surface area contributed by atoms with Crippen LogP contribution in [0.2, 0.25) is 0 Å². The number of hydrogen-bond acceptors (Lipinski definition) is 2. The van der Waals surface area contributed by atoms with Gasteiger partial charge in [0, 0.05) is 12.1 Å². The minimum Gasteiger partial charge on any atom is -0.348 e. The molecule has 2 rings (SSSR count). The van der Waals surface area contributed by atoms with E-state index < -0.39 is 0 Å². The molecular formula is C13H18N2O2. The lowest BCUT2D eigenvalue weighted by Gasteiger charge is -2.26. The average molecular weight is 234 g/mol. The Hall–Kier alpha value is -1.58. The highest BCUT2D eigenvalue weighted by Gasteiger charge is 2.20. The van der Waals surface area contributed by atoms with E-state index in [1.807, 2.05) is 0 Å². The summed E-state index contributed by atoms with van der Waals surface area (Å²) in [6, 6.07) is 4.88. The number of carbonyl (C=O) groups is 1. The molecule has 1 aromatic rings. The Bertz CT molecular complexity index is 445. The Labute approximate surface area is 100 Å². The molecule has 4 nitrogen and oxygen atoms in total. The third-order valence-electron chi connectivity index (χ3n) is 3.36. The molecule has 0 aromatic carbocycles. The molecule has 1 saturated carbocycles. The fourth-order valence-corrected chi connectivity index (χ4v) is 2.25. The number of carbonyl (C=O) groups excluding carboxylic acids is 1. The van der Waals surface area contributed by atoms with Crippen LogP contribution in [-0.4, -0.2) is 16.9 Å². The zero-order chi connectivity index (χ0) is 12.3. The lowest BCUT2D eigenvalue weighted by molar-refractivity contribution is 0.0917. The molecule has 1 fully saturated rings. The van der Waals surface area contributed by atoms with Crippen LogP contribution in [0.5, 0.6) is 0 Å². The highest BCUT2D eigenvalue weighted by molar-refractivity contribution is 5.92. The molecule has 0 saturated heterocycles. The van der Waals surface area contributed by atoms with Crippen molar-refractivity contribution < 1.29 is 4.79 Å². The van der Waals surface area contributed by atoms with Crippen LogP contribution in [0.15, 0.2) is 23.0 Å². The molecule has 0 unspecified atom stereocenters. The van der Waals surface area contributed by atoms with E-state index in [1.54, 1.807) is 12.1 Å². The van der Waals surface area contributed by atoms with E-state index in [9.17, 15) is 9.59 Å². The molecule has 92 valence electrons. The zero-order valence-corrected chi connectivity index (χ0v) is 10.0. The second kappa shape index (κ2) is 5.17. The van der Waals surface area contributed by atoms with Crippen molar-refractivity contribution in [1.82, 2.24) is 10.3 Å². The number of nitrogens with one attached hydrogen (secondary N) is 2. The molecule has 1 aromatic heterocycles. The third kappa shape index (κ3) is 3.19. The maximum Gasteiger partial charge on any atom is 0.268 e. The minimum absolute atomic E-state index is 0.178. The zero-order valence-electron chi connectivity index (χ0n) is 10.0. The standard InChI is InChI=1S/C13H18N2O2/c1-9-5-7-10(8-6-9)14-13(17)11-3-2-4-12(16)15-11/h2-4,9-10H,5-8H2,1H3,(H,14,17)(H,15,16). The van der Waals surface area contributed by atoms with Gasteiger partial charge in [-0.15, -0.1) is 0 Å². The van der Waals surface area contributed by atoms with Crippen LogP contribution in [0.4, 0.5) is 0 Å². The Morgan fingerprint density at radius 1 is 1.29 bits per heavy atom. The van der Waals surface area contributed by atoms with Crippen LogP contribution >= 0.6 is 0 Å². The summed E-state index contributed by atoms with van der Waals surface area (Å²) in [6.07, 6.45) is 4.39. The van der Waals surface area contributed by atoms with Crippen molar-refractivity contribution in [1.29, 1.82) is 0 Å². The Morgan fingerprint density at radius 2 is 2.00 bits per heavy atom. The molecule has 0 radical (unpaired) electrons. The van der Waals surface area contributed by atoms with Gasteiger partial charge in [0.1, 0.15) is 5.69 Å². The van der Waals surface area contributed by atoms with Gasteiger partial charge in [-0.3, -0.25) is 9.59 Å². The molecule has 0 atom stereocenters.